The fourth-order valence-electron chi connectivity index (χ4n) is 3.26. The number of likely N-dealkylation sites (N-methyl/N-ethyl adjacent to an activating group) is 1. The summed E-state index contributed by atoms with van der Waals surface area (Å²) in [5.41, 5.74) is 0.904. The number of halogens is 1. The molecule has 1 saturated carbocycles. The molecule has 1 aliphatic carbocycles. The first-order valence-electron chi connectivity index (χ1n) is 7.19. The van der Waals surface area contributed by atoms with Gasteiger partial charge in [-0.05, 0) is 26.3 Å². The molecule has 1 fully saturated rings. The third-order valence-corrected chi connectivity index (χ3v) is 4.32. The van der Waals surface area contributed by atoms with Gasteiger partial charge in [0.05, 0.1) is 28.6 Å². The van der Waals surface area contributed by atoms with Gasteiger partial charge in [-0.25, -0.2) is 0 Å². The number of aryl methyl sites for hydroxylation is 1. The average Bonchev–Trinajstić information content (AvgIpc) is 2.97. The number of rotatable bonds is 6. The molecule has 1 aliphatic rings. The van der Waals surface area contributed by atoms with Gasteiger partial charge in [-0.15, -0.1) is 0 Å². The van der Waals surface area contributed by atoms with E-state index in [9.17, 15) is 0 Å². The van der Waals surface area contributed by atoms with Crippen molar-refractivity contribution in [2.24, 2.45) is 7.05 Å². The summed E-state index contributed by atoms with van der Waals surface area (Å²) < 4.78 is 8.05. The van der Waals surface area contributed by atoms with Crippen molar-refractivity contribution >= 4 is 11.6 Å². The lowest BCUT2D eigenvalue weighted by atomic mass is 9.89. The Morgan fingerprint density at radius 2 is 2.16 bits per heavy atom. The number of nitrogens with zero attached hydrogens (tertiary/aromatic N) is 2. The van der Waals surface area contributed by atoms with Gasteiger partial charge in [0.15, 0.2) is 0 Å². The van der Waals surface area contributed by atoms with Gasteiger partial charge in [-0.2, -0.15) is 5.10 Å². The zero-order chi connectivity index (χ0) is 13.9. The lowest BCUT2D eigenvalue weighted by molar-refractivity contribution is -0.0640. The highest BCUT2D eigenvalue weighted by atomic mass is 35.5. The second-order valence-corrected chi connectivity index (χ2v) is 5.60. The molecule has 5 heteroatoms. The van der Waals surface area contributed by atoms with Crippen LogP contribution in [0.3, 0.4) is 0 Å². The quantitative estimate of drug-likeness (QED) is 0.873. The minimum Gasteiger partial charge on any atom is -0.373 e. The van der Waals surface area contributed by atoms with E-state index in [4.69, 9.17) is 16.3 Å². The van der Waals surface area contributed by atoms with Crippen molar-refractivity contribution in [2.45, 2.75) is 51.2 Å². The molecule has 0 aliphatic heterocycles. The number of hydrogen-bond acceptors (Lipinski definition) is 3. The molecule has 0 bridgehead atoms. The molecule has 0 spiro atoms. The summed E-state index contributed by atoms with van der Waals surface area (Å²) in [5.74, 6) is 0. The van der Waals surface area contributed by atoms with Gasteiger partial charge in [0.1, 0.15) is 0 Å². The van der Waals surface area contributed by atoms with Crippen molar-refractivity contribution in [3.05, 3.63) is 16.9 Å². The lowest BCUT2D eigenvalue weighted by Crippen LogP contribution is -2.45. The molecule has 1 atom stereocenters. The first-order chi connectivity index (χ1) is 9.14. The van der Waals surface area contributed by atoms with Gasteiger partial charge < -0.3 is 10.1 Å². The van der Waals surface area contributed by atoms with Crippen LogP contribution in [-0.2, 0) is 11.8 Å². The van der Waals surface area contributed by atoms with E-state index in [0.29, 0.717) is 0 Å². The zero-order valence-corrected chi connectivity index (χ0v) is 12.8. The van der Waals surface area contributed by atoms with Crippen molar-refractivity contribution in [3.8, 4) is 0 Å². The van der Waals surface area contributed by atoms with Crippen LogP contribution in [0, 0.1) is 0 Å². The molecule has 1 aromatic heterocycles. The molecular formula is C14H24ClN3O. The maximum atomic E-state index is 6.34. The number of hydrogen-bond donors (Lipinski definition) is 1. The van der Waals surface area contributed by atoms with E-state index in [1.54, 1.807) is 6.20 Å². The van der Waals surface area contributed by atoms with Crippen LogP contribution in [0.1, 0.15) is 51.3 Å². The van der Waals surface area contributed by atoms with Crippen LogP contribution in [0.15, 0.2) is 6.20 Å². The maximum Gasteiger partial charge on any atom is 0.0891 e. The van der Waals surface area contributed by atoms with Gasteiger partial charge in [0.2, 0.25) is 0 Å². The first-order valence-corrected chi connectivity index (χ1v) is 7.57. The lowest BCUT2D eigenvalue weighted by Gasteiger charge is -2.38. The maximum absolute atomic E-state index is 6.34. The van der Waals surface area contributed by atoms with Gasteiger partial charge in [-0.1, -0.05) is 31.4 Å². The Morgan fingerprint density at radius 1 is 1.47 bits per heavy atom. The number of nitrogens with one attached hydrogen (secondary N) is 1. The third kappa shape index (κ3) is 2.81. The smallest absolute Gasteiger partial charge is 0.0891 e. The summed E-state index contributed by atoms with van der Waals surface area (Å²) in [6, 6.07) is 0.111. The van der Waals surface area contributed by atoms with Crippen molar-refractivity contribution in [2.75, 3.05) is 13.2 Å². The fourth-order valence-corrected chi connectivity index (χ4v) is 3.53. The van der Waals surface area contributed by atoms with E-state index in [0.717, 1.165) is 36.7 Å². The fraction of sp³-hybridized carbons (Fsp3) is 0.786. The van der Waals surface area contributed by atoms with Crippen molar-refractivity contribution < 1.29 is 4.74 Å². The van der Waals surface area contributed by atoms with E-state index < -0.39 is 0 Å². The molecule has 0 amide bonds. The van der Waals surface area contributed by atoms with Crippen molar-refractivity contribution in [1.82, 2.24) is 15.1 Å². The Morgan fingerprint density at radius 3 is 2.63 bits per heavy atom. The Labute approximate surface area is 120 Å². The standard InChI is InChI=1S/C14H24ClN3O/c1-4-16-13(12-11(15)10-17-18(12)3)14(19-5-2)8-6-7-9-14/h10,13,16H,4-9H2,1-3H3. The van der Waals surface area contributed by atoms with E-state index in [-0.39, 0.29) is 11.6 Å². The monoisotopic (exact) mass is 285 g/mol. The van der Waals surface area contributed by atoms with Crippen molar-refractivity contribution in [1.29, 1.82) is 0 Å². The topological polar surface area (TPSA) is 39.1 Å². The molecule has 1 unspecified atom stereocenters. The molecule has 1 aromatic rings. The Kier molecular flexibility index (Phi) is 4.87. The predicted molar refractivity (Wildman–Crippen MR) is 77.5 cm³/mol. The minimum absolute atomic E-state index is 0.111. The minimum atomic E-state index is -0.137. The summed E-state index contributed by atoms with van der Waals surface area (Å²) in [5, 5.41) is 8.56. The average molecular weight is 286 g/mol. The summed E-state index contributed by atoms with van der Waals surface area (Å²) >= 11 is 6.34. The largest absolute Gasteiger partial charge is 0.373 e. The van der Waals surface area contributed by atoms with E-state index in [1.807, 2.05) is 11.7 Å². The molecule has 1 N–H and O–H groups in total. The first kappa shape index (κ1) is 14.8. The molecule has 0 radical (unpaired) electrons. The van der Waals surface area contributed by atoms with E-state index >= 15 is 0 Å². The Balaban J connectivity index is 2.38. The second-order valence-electron chi connectivity index (χ2n) is 5.20. The van der Waals surface area contributed by atoms with Crippen LogP contribution < -0.4 is 5.32 Å². The molecule has 4 nitrogen and oxygen atoms in total. The second kappa shape index (κ2) is 6.25. The van der Waals surface area contributed by atoms with Gasteiger partial charge in [-0.3, -0.25) is 4.68 Å². The third-order valence-electron chi connectivity index (χ3n) is 4.03. The van der Waals surface area contributed by atoms with Crippen LogP contribution in [0.25, 0.3) is 0 Å². The highest BCUT2D eigenvalue weighted by Crippen LogP contribution is 2.44. The normalized spacial score (nSPS) is 19.8. The van der Waals surface area contributed by atoms with E-state index in [1.165, 1.54) is 12.8 Å². The number of ether oxygens (including phenoxy) is 1. The van der Waals surface area contributed by atoms with Crippen LogP contribution in [0.5, 0.6) is 0 Å². The highest BCUT2D eigenvalue weighted by molar-refractivity contribution is 6.31. The zero-order valence-electron chi connectivity index (χ0n) is 12.1. The summed E-state index contributed by atoms with van der Waals surface area (Å²) in [4.78, 5) is 0. The predicted octanol–water partition coefficient (Wildman–Crippen LogP) is 3.07. The molecule has 0 aromatic carbocycles. The Hall–Kier alpha value is -0.580. The van der Waals surface area contributed by atoms with E-state index in [2.05, 4.69) is 24.3 Å². The van der Waals surface area contributed by atoms with Crippen LogP contribution in [0.4, 0.5) is 0 Å². The SMILES string of the molecule is CCNC(c1c(Cl)cnn1C)C1(OCC)CCCC1. The summed E-state index contributed by atoms with van der Waals surface area (Å²) in [6.07, 6.45) is 6.32. The highest BCUT2D eigenvalue weighted by Gasteiger charge is 2.44. The molecule has 19 heavy (non-hydrogen) atoms. The van der Waals surface area contributed by atoms with Gasteiger partial charge in [0.25, 0.3) is 0 Å². The molecule has 108 valence electrons. The van der Waals surface area contributed by atoms with Crippen LogP contribution in [0.2, 0.25) is 5.02 Å². The molecule has 0 saturated heterocycles. The molecular weight excluding hydrogens is 262 g/mol. The molecule has 1 heterocycles. The number of aromatic nitrogens is 2. The van der Waals surface area contributed by atoms with Gasteiger partial charge in [0, 0.05) is 13.7 Å². The summed E-state index contributed by atoms with van der Waals surface area (Å²) in [7, 11) is 1.94. The van der Waals surface area contributed by atoms with Crippen LogP contribution >= 0.6 is 11.6 Å². The Bertz CT molecular complexity index is 393. The summed E-state index contributed by atoms with van der Waals surface area (Å²) in [6.45, 7) is 5.80. The van der Waals surface area contributed by atoms with Crippen LogP contribution in [-0.4, -0.2) is 28.5 Å². The van der Waals surface area contributed by atoms with Gasteiger partial charge >= 0.3 is 0 Å². The molecule has 2 rings (SSSR count). The van der Waals surface area contributed by atoms with Crippen molar-refractivity contribution in [3.63, 3.8) is 0 Å².